The molecule has 0 spiro atoms. The van der Waals surface area contributed by atoms with Crippen LogP contribution in [0.1, 0.15) is 5.56 Å². The summed E-state index contributed by atoms with van der Waals surface area (Å²) in [5, 5.41) is 27.0. The highest BCUT2D eigenvalue weighted by Crippen LogP contribution is 2.34. The fourth-order valence-electron chi connectivity index (χ4n) is 3.20. The number of nitro groups is 1. The molecule has 0 bridgehead atoms. The van der Waals surface area contributed by atoms with E-state index in [0.717, 1.165) is 11.0 Å². The lowest BCUT2D eigenvalue weighted by Gasteiger charge is -2.06. The molecule has 1 amide bonds. The minimum Gasteiger partial charge on any atom is -0.507 e. The molecule has 9 nitrogen and oxygen atoms in total. The maximum absolute atomic E-state index is 12.2. The van der Waals surface area contributed by atoms with Crippen LogP contribution in [0.2, 0.25) is 0 Å². The number of hydrogen-bond acceptors (Lipinski definition) is 7. The van der Waals surface area contributed by atoms with Gasteiger partial charge < -0.3 is 9.67 Å². The quantitative estimate of drug-likeness (QED) is 0.207. The lowest BCUT2D eigenvalue weighted by molar-refractivity contribution is -0.383. The predicted molar refractivity (Wildman–Crippen MR) is 119 cm³/mol. The van der Waals surface area contributed by atoms with Crippen molar-refractivity contribution in [3.05, 3.63) is 70.3 Å². The van der Waals surface area contributed by atoms with Crippen LogP contribution in [0.4, 0.5) is 5.69 Å². The van der Waals surface area contributed by atoms with Crippen molar-refractivity contribution in [3.63, 3.8) is 0 Å². The van der Waals surface area contributed by atoms with Gasteiger partial charge >= 0.3 is 0 Å². The number of amides is 1. The minimum absolute atomic E-state index is 0.0817. The fourth-order valence-corrected chi connectivity index (χ4v) is 3.98. The van der Waals surface area contributed by atoms with Gasteiger partial charge in [-0.1, -0.05) is 42.1 Å². The van der Waals surface area contributed by atoms with Gasteiger partial charge in [-0.2, -0.15) is 5.10 Å². The van der Waals surface area contributed by atoms with Gasteiger partial charge in [-0.15, -0.1) is 0 Å². The third-order valence-corrected chi connectivity index (χ3v) is 5.72. The van der Waals surface area contributed by atoms with Crippen molar-refractivity contribution >= 4 is 51.4 Å². The molecule has 0 saturated heterocycles. The highest BCUT2D eigenvalue weighted by atomic mass is 32.2. The Morgan fingerprint density at radius 2 is 1.97 bits per heavy atom. The van der Waals surface area contributed by atoms with Gasteiger partial charge in [0, 0.05) is 24.1 Å². The third-order valence-electron chi connectivity index (χ3n) is 4.69. The number of aromatic hydroxyl groups is 1. The van der Waals surface area contributed by atoms with Crippen LogP contribution in [-0.4, -0.2) is 37.5 Å². The number of imidazole rings is 1. The van der Waals surface area contributed by atoms with Gasteiger partial charge in [0.05, 0.1) is 33.3 Å². The zero-order valence-electron chi connectivity index (χ0n) is 16.3. The highest BCUT2D eigenvalue weighted by molar-refractivity contribution is 7.99. The van der Waals surface area contributed by atoms with E-state index in [2.05, 4.69) is 15.5 Å². The minimum atomic E-state index is -0.523. The summed E-state index contributed by atoms with van der Waals surface area (Å²) < 4.78 is 1.91. The number of aryl methyl sites for hydroxylation is 1. The Labute approximate surface area is 180 Å². The Morgan fingerprint density at radius 3 is 2.71 bits per heavy atom. The van der Waals surface area contributed by atoms with Crippen molar-refractivity contribution in [2.24, 2.45) is 12.1 Å². The third kappa shape index (κ3) is 4.05. The summed E-state index contributed by atoms with van der Waals surface area (Å²) in [6, 6.07) is 15.4. The number of rotatable bonds is 6. The van der Waals surface area contributed by atoms with E-state index in [0.29, 0.717) is 15.9 Å². The molecule has 4 rings (SSSR count). The molecule has 31 heavy (non-hydrogen) atoms. The zero-order chi connectivity index (χ0) is 22.0. The first kappa shape index (κ1) is 20.4. The molecule has 10 heteroatoms. The number of hydrazone groups is 1. The number of aromatic nitrogens is 2. The van der Waals surface area contributed by atoms with Gasteiger partial charge in [-0.25, -0.2) is 10.4 Å². The van der Waals surface area contributed by atoms with E-state index < -0.39 is 4.92 Å². The van der Waals surface area contributed by atoms with Crippen LogP contribution in [-0.2, 0) is 11.8 Å². The Kier molecular flexibility index (Phi) is 5.54. The first-order valence-electron chi connectivity index (χ1n) is 9.21. The number of nitro benzene ring substituents is 1. The molecule has 2 N–H and O–H groups in total. The predicted octanol–water partition coefficient (Wildman–Crippen LogP) is 3.58. The van der Waals surface area contributed by atoms with Crippen LogP contribution in [0.15, 0.2) is 64.9 Å². The topological polar surface area (TPSA) is 123 Å². The van der Waals surface area contributed by atoms with Crippen molar-refractivity contribution in [3.8, 4) is 5.75 Å². The average molecular weight is 435 g/mol. The number of non-ortho nitro benzene ring substituents is 1. The van der Waals surface area contributed by atoms with E-state index >= 15 is 0 Å². The lowest BCUT2D eigenvalue weighted by atomic mass is 10.0. The van der Waals surface area contributed by atoms with Gasteiger partial charge in [0.15, 0.2) is 5.16 Å². The standard InChI is InChI=1S/C21H17N5O4S/c1-25-17-9-5-4-8-16(17)23-21(25)31-12-19(27)24-22-11-13-10-18(26(29)30)14-6-2-3-7-15(14)20(13)28/h2-11,28H,12H2,1H3,(H,24,27)/b22-11-. The second-order valence-electron chi connectivity index (χ2n) is 6.66. The number of carbonyl (C=O) groups is 1. The molecule has 1 heterocycles. The molecule has 4 aromatic rings. The van der Waals surface area contributed by atoms with Gasteiger partial charge in [-0.3, -0.25) is 14.9 Å². The molecular formula is C21H17N5O4S. The molecule has 1 aromatic heterocycles. The van der Waals surface area contributed by atoms with E-state index in [1.54, 1.807) is 24.3 Å². The molecule has 0 aliphatic carbocycles. The maximum Gasteiger partial charge on any atom is 0.278 e. The molecular weight excluding hydrogens is 418 g/mol. The summed E-state index contributed by atoms with van der Waals surface area (Å²) in [5.74, 6) is -0.436. The number of benzene rings is 3. The van der Waals surface area contributed by atoms with Gasteiger partial charge in [0.25, 0.3) is 11.6 Å². The number of carbonyl (C=O) groups excluding carboxylic acids is 1. The first-order valence-corrected chi connectivity index (χ1v) is 10.2. The number of fused-ring (bicyclic) bond motifs is 2. The molecule has 0 atom stereocenters. The smallest absolute Gasteiger partial charge is 0.278 e. The summed E-state index contributed by atoms with van der Waals surface area (Å²) in [7, 11) is 1.88. The van der Waals surface area contributed by atoms with E-state index in [1.165, 1.54) is 24.0 Å². The van der Waals surface area contributed by atoms with Crippen molar-refractivity contribution in [2.45, 2.75) is 5.16 Å². The number of phenols is 1. The Balaban J connectivity index is 1.46. The monoisotopic (exact) mass is 435 g/mol. The number of hydrogen-bond donors (Lipinski definition) is 2. The molecule has 0 saturated carbocycles. The Hall–Kier alpha value is -3.92. The van der Waals surface area contributed by atoms with E-state index in [9.17, 15) is 20.0 Å². The first-order chi connectivity index (χ1) is 15.0. The molecule has 0 aliphatic heterocycles. The maximum atomic E-state index is 12.2. The summed E-state index contributed by atoms with van der Waals surface area (Å²) in [6.45, 7) is 0. The second kappa shape index (κ2) is 8.44. The lowest BCUT2D eigenvalue weighted by Crippen LogP contribution is -2.19. The normalized spacial score (nSPS) is 11.4. The van der Waals surface area contributed by atoms with Crippen LogP contribution >= 0.6 is 11.8 Å². The number of nitrogens with zero attached hydrogens (tertiary/aromatic N) is 4. The van der Waals surface area contributed by atoms with Crippen LogP contribution in [0, 0.1) is 10.1 Å². The van der Waals surface area contributed by atoms with Crippen LogP contribution in [0.3, 0.4) is 0 Å². The molecule has 0 radical (unpaired) electrons. The number of phenolic OH excluding ortho intramolecular Hbond substituents is 1. The van der Waals surface area contributed by atoms with Crippen LogP contribution < -0.4 is 5.43 Å². The number of para-hydroxylation sites is 2. The number of thioether (sulfide) groups is 1. The number of nitrogens with one attached hydrogen (secondary N) is 1. The summed E-state index contributed by atoms with van der Waals surface area (Å²) in [5.41, 5.74) is 4.17. The Bertz CT molecular complexity index is 1350. The van der Waals surface area contributed by atoms with Gasteiger partial charge in [-0.05, 0) is 18.2 Å². The Morgan fingerprint density at radius 1 is 1.26 bits per heavy atom. The fraction of sp³-hybridized carbons (Fsp3) is 0.0952. The molecule has 3 aromatic carbocycles. The van der Waals surface area contributed by atoms with Crippen LogP contribution in [0.5, 0.6) is 5.75 Å². The SMILES string of the molecule is Cn1c(SCC(=O)N/N=C\c2cc([N+](=O)[O-])c3ccccc3c2O)nc2ccccc21. The second-order valence-corrected chi connectivity index (χ2v) is 7.60. The van der Waals surface area contributed by atoms with Crippen molar-refractivity contribution in [1.29, 1.82) is 0 Å². The van der Waals surface area contributed by atoms with E-state index in [1.807, 2.05) is 35.9 Å². The van der Waals surface area contributed by atoms with Crippen molar-refractivity contribution in [2.75, 3.05) is 5.75 Å². The molecule has 0 fully saturated rings. The molecule has 0 unspecified atom stereocenters. The average Bonchev–Trinajstić information content (AvgIpc) is 3.09. The van der Waals surface area contributed by atoms with Crippen molar-refractivity contribution in [1.82, 2.24) is 15.0 Å². The van der Waals surface area contributed by atoms with Crippen molar-refractivity contribution < 1.29 is 14.8 Å². The summed E-state index contributed by atoms with van der Waals surface area (Å²) in [4.78, 5) is 27.5. The van der Waals surface area contributed by atoms with Gasteiger partial charge in [0.1, 0.15) is 5.75 Å². The largest absolute Gasteiger partial charge is 0.507 e. The zero-order valence-corrected chi connectivity index (χ0v) is 17.2. The molecule has 156 valence electrons. The van der Waals surface area contributed by atoms with E-state index in [4.69, 9.17) is 0 Å². The summed E-state index contributed by atoms with van der Waals surface area (Å²) in [6.07, 6.45) is 1.19. The van der Waals surface area contributed by atoms with E-state index in [-0.39, 0.29) is 28.7 Å². The molecule has 0 aliphatic rings. The van der Waals surface area contributed by atoms with Gasteiger partial charge in [0.2, 0.25) is 0 Å². The van der Waals surface area contributed by atoms with Crippen LogP contribution in [0.25, 0.3) is 21.8 Å². The highest BCUT2D eigenvalue weighted by Gasteiger charge is 2.17. The summed E-state index contributed by atoms with van der Waals surface area (Å²) >= 11 is 1.27.